The average Bonchev–Trinajstić information content (AvgIpc) is 2.56. The highest BCUT2D eigenvalue weighted by Gasteiger charge is 2.30. The molecule has 0 radical (unpaired) electrons. The van der Waals surface area contributed by atoms with Crippen molar-refractivity contribution in [3.8, 4) is 0 Å². The van der Waals surface area contributed by atoms with Gasteiger partial charge in [0, 0.05) is 20.1 Å². The summed E-state index contributed by atoms with van der Waals surface area (Å²) in [6.07, 6.45) is -4.34. The zero-order chi connectivity index (χ0) is 19.1. The first kappa shape index (κ1) is 24.5. The predicted molar refractivity (Wildman–Crippen MR) is 108 cm³/mol. The van der Waals surface area contributed by atoms with Gasteiger partial charge in [-0.3, -0.25) is 4.79 Å². The standard InChI is InChI=1S/C17H25F3N4O.HI/c1-5-22-15(24-11-16(2,3)14(25)21-4)23-10-12-6-8-13(9-7-12)17(18,19)20;/h6-9H,5,10-11H2,1-4H3,(H,21,25)(H2,22,23,24);1H. The first-order chi connectivity index (χ1) is 11.6. The monoisotopic (exact) mass is 486 g/mol. The second kappa shape index (κ2) is 10.6. The summed E-state index contributed by atoms with van der Waals surface area (Å²) in [7, 11) is 1.58. The molecule has 26 heavy (non-hydrogen) atoms. The van der Waals surface area contributed by atoms with Crippen molar-refractivity contribution in [2.75, 3.05) is 20.1 Å². The van der Waals surface area contributed by atoms with E-state index >= 15 is 0 Å². The molecule has 1 rings (SSSR count). The quantitative estimate of drug-likeness (QED) is 0.329. The van der Waals surface area contributed by atoms with Crippen molar-refractivity contribution in [3.05, 3.63) is 35.4 Å². The average molecular weight is 486 g/mol. The fraction of sp³-hybridized carbons (Fsp3) is 0.529. The summed E-state index contributed by atoms with van der Waals surface area (Å²) < 4.78 is 37.7. The zero-order valence-corrected chi connectivity index (χ0v) is 17.7. The Bertz CT molecular complexity index is 601. The largest absolute Gasteiger partial charge is 0.416 e. The molecule has 1 amide bonds. The third-order valence-corrected chi connectivity index (χ3v) is 3.58. The number of rotatable bonds is 6. The summed E-state index contributed by atoms with van der Waals surface area (Å²) in [5.41, 5.74) is -0.646. The van der Waals surface area contributed by atoms with E-state index in [4.69, 9.17) is 0 Å². The van der Waals surface area contributed by atoms with Gasteiger partial charge in [-0.2, -0.15) is 13.2 Å². The number of alkyl halides is 3. The van der Waals surface area contributed by atoms with E-state index in [1.165, 1.54) is 12.1 Å². The van der Waals surface area contributed by atoms with Crippen LogP contribution in [0.1, 0.15) is 31.9 Å². The highest BCUT2D eigenvalue weighted by Crippen LogP contribution is 2.29. The maximum Gasteiger partial charge on any atom is 0.416 e. The molecule has 0 spiro atoms. The normalized spacial score (nSPS) is 12.2. The molecule has 1 aromatic rings. The van der Waals surface area contributed by atoms with Gasteiger partial charge in [0.2, 0.25) is 5.91 Å². The number of hydrogen-bond donors (Lipinski definition) is 3. The lowest BCUT2D eigenvalue weighted by Crippen LogP contribution is -2.47. The summed E-state index contributed by atoms with van der Waals surface area (Å²) in [6.45, 7) is 6.73. The van der Waals surface area contributed by atoms with Gasteiger partial charge in [0.15, 0.2) is 5.96 Å². The molecule has 0 fully saturated rings. The summed E-state index contributed by atoms with van der Waals surface area (Å²) in [4.78, 5) is 16.1. The number of amides is 1. The van der Waals surface area contributed by atoms with Crippen LogP contribution >= 0.6 is 24.0 Å². The summed E-state index contributed by atoms with van der Waals surface area (Å²) in [5.74, 6) is 0.401. The number of halogens is 4. The van der Waals surface area contributed by atoms with Crippen LogP contribution in [-0.2, 0) is 17.5 Å². The Kier molecular flexibility index (Phi) is 9.97. The van der Waals surface area contributed by atoms with E-state index in [-0.39, 0.29) is 36.4 Å². The topological polar surface area (TPSA) is 65.5 Å². The lowest BCUT2D eigenvalue weighted by Gasteiger charge is -2.24. The van der Waals surface area contributed by atoms with E-state index in [2.05, 4.69) is 20.9 Å². The van der Waals surface area contributed by atoms with Crippen LogP contribution < -0.4 is 16.0 Å². The lowest BCUT2D eigenvalue weighted by molar-refractivity contribution is -0.137. The Balaban J connectivity index is 0.00000625. The van der Waals surface area contributed by atoms with Gasteiger partial charge in [0.25, 0.3) is 0 Å². The number of carbonyl (C=O) groups excluding carboxylic acids is 1. The van der Waals surface area contributed by atoms with Crippen molar-refractivity contribution in [2.45, 2.75) is 33.5 Å². The fourth-order valence-corrected chi connectivity index (χ4v) is 2.03. The number of nitrogens with one attached hydrogen (secondary N) is 3. The van der Waals surface area contributed by atoms with E-state index in [9.17, 15) is 18.0 Å². The Hall–Kier alpha value is -1.52. The number of aliphatic imine (C=N–C) groups is 1. The van der Waals surface area contributed by atoms with E-state index in [1.807, 2.05) is 6.92 Å². The van der Waals surface area contributed by atoms with Gasteiger partial charge in [-0.25, -0.2) is 4.99 Å². The molecule has 3 N–H and O–H groups in total. The highest BCUT2D eigenvalue weighted by molar-refractivity contribution is 14.0. The van der Waals surface area contributed by atoms with Crippen LogP contribution in [0, 0.1) is 5.41 Å². The smallest absolute Gasteiger partial charge is 0.359 e. The van der Waals surface area contributed by atoms with Gasteiger partial charge in [0.05, 0.1) is 17.5 Å². The third kappa shape index (κ3) is 7.79. The van der Waals surface area contributed by atoms with Gasteiger partial charge < -0.3 is 16.0 Å². The van der Waals surface area contributed by atoms with Crippen molar-refractivity contribution >= 4 is 35.8 Å². The van der Waals surface area contributed by atoms with Gasteiger partial charge in [0.1, 0.15) is 0 Å². The van der Waals surface area contributed by atoms with E-state index in [0.717, 1.165) is 12.1 Å². The minimum absolute atomic E-state index is 0. The molecule has 0 heterocycles. The molecule has 0 aliphatic rings. The van der Waals surface area contributed by atoms with Gasteiger partial charge in [-0.15, -0.1) is 24.0 Å². The van der Waals surface area contributed by atoms with Crippen LogP contribution in [0.5, 0.6) is 0 Å². The number of nitrogens with zero attached hydrogens (tertiary/aromatic N) is 1. The summed E-state index contributed by atoms with van der Waals surface area (Å²) in [6, 6.07) is 4.90. The van der Waals surface area contributed by atoms with Crippen molar-refractivity contribution < 1.29 is 18.0 Å². The van der Waals surface area contributed by atoms with Crippen LogP contribution in [0.25, 0.3) is 0 Å². The summed E-state index contributed by atoms with van der Waals surface area (Å²) in [5, 5.41) is 8.73. The van der Waals surface area contributed by atoms with Crippen molar-refractivity contribution in [3.63, 3.8) is 0 Å². The minimum atomic E-state index is -4.34. The lowest BCUT2D eigenvalue weighted by atomic mass is 9.92. The number of carbonyl (C=O) groups is 1. The first-order valence-corrected chi connectivity index (χ1v) is 8.00. The van der Waals surface area contributed by atoms with Crippen LogP contribution in [0.4, 0.5) is 13.2 Å². The molecular weight excluding hydrogens is 460 g/mol. The molecule has 0 unspecified atom stereocenters. The van der Waals surface area contributed by atoms with Crippen LogP contribution in [0.15, 0.2) is 29.3 Å². The van der Waals surface area contributed by atoms with Gasteiger partial charge >= 0.3 is 6.18 Å². The first-order valence-electron chi connectivity index (χ1n) is 8.00. The maximum atomic E-state index is 12.6. The third-order valence-electron chi connectivity index (χ3n) is 3.58. The van der Waals surface area contributed by atoms with Gasteiger partial charge in [-0.05, 0) is 38.5 Å². The molecule has 148 valence electrons. The molecule has 1 aromatic carbocycles. The number of hydrogen-bond acceptors (Lipinski definition) is 2. The molecule has 5 nitrogen and oxygen atoms in total. The molecule has 9 heteroatoms. The van der Waals surface area contributed by atoms with Crippen molar-refractivity contribution in [1.82, 2.24) is 16.0 Å². The zero-order valence-electron chi connectivity index (χ0n) is 15.3. The minimum Gasteiger partial charge on any atom is -0.359 e. The molecule has 0 aromatic heterocycles. The second-order valence-corrected chi connectivity index (χ2v) is 6.21. The van der Waals surface area contributed by atoms with Crippen LogP contribution in [0.2, 0.25) is 0 Å². The highest BCUT2D eigenvalue weighted by atomic mass is 127. The maximum absolute atomic E-state index is 12.6. The Morgan fingerprint density at radius 2 is 1.69 bits per heavy atom. The van der Waals surface area contributed by atoms with E-state index < -0.39 is 17.2 Å². The molecular formula is C17H26F3IN4O. The molecule has 0 aliphatic heterocycles. The Labute approximate surface area is 169 Å². The fourth-order valence-electron chi connectivity index (χ4n) is 2.03. The molecule has 0 saturated carbocycles. The Morgan fingerprint density at radius 3 is 2.15 bits per heavy atom. The van der Waals surface area contributed by atoms with Gasteiger partial charge in [-0.1, -0.05) is 12.1 Å². The number of benzene rings is 1. The Morgan fingerprint density at radius 1 is 1.12 bits per heavy atom. The predicted octanol–water partition coefficient (Wildman–Crippen LogP) is 3.15. The van der Waals surface area contributed by atoms with Crippen LogP contribution in [0.3, 0.4) is 0 Å². The van der Waals surface area contributed by atoms with E-state index in [0.29, 0.717) is 24.6 Å². The number of guanidine groups is 1. The molecule has 0 bridgehead atoms. The second-order valence-electron chi connectivity index (χ2n) is 6.21. The van der Waals surface area contributed by atoms with Crippen molar-refractivity contribution in [2.24, 2.45) is 10.4 Å². The summed E-state index contributed by atoms with van der Waals surface area (Å²) >= 11 is 0. The molecule has 0 aliphatic carbocycles. The molecule has 0 saturated heterocycles. The van der Waals surface area contributed by atoms with Crippen LogP contribution in [-0.4, -0.2) is 32.0 Å². The van der Waals surface area contributed by atoms with E-state index in [1.54, 1.807) is 20.9 Å². The SMILES string of the molecule is CCNC(=NCc1ccc(C(F)(F)F)cc1)NCC(C)(C)C(=O)NC.I. The van der Waals surface area contributed by atoms with Crippen molar-refractivity contribution in [1.29, 1.82) is 0 Å². The molecule has 0 atom stereocenters.